The van der Waals surface area contributed by atoms with Gasteiger partial charge in [0.1, 0.15) is 29.6 Å². The largest absolute Gasteiger partial charge is 0.507 e. The number of nitrogens with one attached hydrogen (secondary N) is 3. The van der Waals surface area contributed by atoms with Crippen LogP contribution >= 0.6 is 0 Å². The summed E-state index contributed by atoms with van der Waals surface area (Å²) in [4.78, 5) is 61.9. The van der Waals surface area contributed by atoms with Gasteiger partial charge >= 0.3 is 6.03 Å². The number of methoxy groups -OCH3 is 1. The maximum atomic E-state index is 14.2. The molecule has 0 radical (unpaired) electrons. The Labute approximate surface area is 346 Å². The minimum Gasteiger partial charge on any atom is -0.507 e. The lowest BCUT2D eigenvalue weighted by atomic mass is 9.83. The normalized spacial score (nSPS) is 19.9. The first-order chi connectivity index (χ1) is 28.4. The van der Waals surface area contributed by atoms with Gasteiger partial charge in [0.25, 0.3) is 5.91 Å². The van der Waals surface area contributed by atoms with Crippen molar-refractivity contribution in [1.29, 1.82) is 0 Å². The monoisotopic (exact) mass is 838 g/mol. The van der Waals surface area contributed by atoms with Crippen molar-refractivity contribution in [1.82, 2.24) is 30.1 Å². The van der Waals surface area contributed by atoms with Crippen LogP contribution in [0.5, 0.6) is 17.4 Å². The maximum Gasteiger partial charge on any atom is 0.318 e. The summed E-state index contributed by atoms with van der Waals surface area (Å²) in [6.07, 6.45) is 13.2. The number of aromatic nitrogens is 1. The highest BCUT2D eigenvalue weighted by Crippen LogP contribution is 2.34. The second-order valence-corrected chi connectivity index (χ2v) is 17.7. The molecule has 3 atom stereocenters. The second kappa shape index (κ2) is 19.9. The minimum absolute atomic E-state index is 0.0143. The lowest BCUT2D eigenvalue weighted by Crippen LogP contribution is -2.63. The molecule has 3 heterocycles. The zero-order chi connectivity index (χ0) is 42.1. The molecule has 1 aromatic carbocycles. The highest BCUT2D eigenvalue weighted by Gasteiger charge is 2.43. The number of allylic oxidation sites excluding steroid dienone is 1. The molecule has 0 spiro atoms. The Morgan fingerprint density at radius 1 is 1.03 bits per heavy atom. The third kappa shape index (κ3) is 11.0. The Morgan fingerprint density at radius 3 is 2.49 bits per heavy atom. The van der Waals surface area contributed by atoms with Gasteiger partial charge in [-0.1, -0.05) is 37.5 Å². The van der Waals surface area contributed by atoms with E-state index >= 15 is 0 Å². The summed E-state index contributed by atoms with van der Waals surface area (Å²) in [6.45, 7) is 7.54. The number of hydrogen-bond donors (Lipinski definition) is 4. The second-order valence-electron chi connectivity index (χ2n) is 15.8. The van der Waals surface area contributed by atoms with E-state index in [-0.39, 0.29) is 36.1 Å². The molecule has 4 aliphatic rings. The highest BCUT2D eigenvalue weighted by molar-refractivity contribution is 7.90. The SMILES string of the molecule is C=CCC(NC(=O)[C@@H]1CCCN1C(=O)[C@@H](NC(=O)N1CC(OCCC/C=C/c2cc3c(O)cc(OCC)nc3cc2OC)C1)C1CCCCC1)C(=O)NS(=O)(=O)C1CC1. The van der Waals surface area contributed by atoms with Gasteiger partial charge in [-0.2, -0.15) is 0 Å². The van der Waals surface area contributed by atoms with Gasteiger partial charge in [0.2, 0.25) is 27.7 Å². The molecule has 59 heavy (non-hydrogen) atoms. The smallest absolute Gasteiger partial charge is 0.318 e. The van der Waals surface area contributed by atoms with Gasteiger partial charge in [0.15, 0.2) is 0 Å². The lowest BCUT2D eigenvalue weighted by molar-refractivity contribution is -0.141. The fourth-order valence-corrected chi connectivity index (χ4v) is 9.37. The number of pyridine rings is 1. The zero-order valence-corrected chi connectivity index (χ0v) is 34.8. The van der Waals surface area contributed by atoms with Crippen molar-refractivity contribution in [2.75, 3.05) is 40.0 Å². The molecule has 2 saturated carbocycles. The molecule has 5 amide bonds. The number of likely N-dealkylation sites (tertiary alicyclic amines) is 2. The van der Waals surface area contributed by atoms with Crippen LogP contribution in [0.1, 0.15) is 89.5 Å². The predicted molar refractivity (Wildman–Crippen MR) is 221 cm³/mol. The molecule has 6 rings (SSSR count). The number of unbranched alkanes of at least 4 members (excludes halogenated alkanes) is 1. The van der Waals surface area contributed by atoms with Crippen LogP contribution in [0.2, 0.25) is 0 Å². The minimum atomic E-state index is -3.82. The summed E-state index contributed by atoms with van der Waals surface area (Å²) in [5.41, 5.74) is 1.37. The van der Waals surface area contributed by atoms with E-state index in [1.54, 1.807) is 18.1 Å². The van der Waals surface area contributed by atoms with Crippen molar-refractivity contribution < 1.29 is 46.9 Å². The highest BCUT2D eigenvalue weighted by atomic mass is 32.2. The molecule has 322 valence electrons. The number of fused-ring (bicyclic) bond motifs is 1. The van der Waals surface area contributed by atoms with Gasteiger partial charge in [0.05, 0.1) is 43.7 Å². The van der Waals surface area contributed by atoms with Crippen molar-refractivity contribution >= 4 is 50.8 Å². The van der Waals surface area contributed by atoms with Crippen LogP contribution in [-0.2, 0) is 29.1 Å². The Bertz CT molecular complexity index is 1990. The molecular formula is C42H58N6O10S. The molecule has 17 heteroatoms. The van der Waals surface area contributed by atoms with E-state index in [0.29, 0.717) is 81.1 Å². The number of carbonyl (C=O) groups is 4. The van der Waals surface area contributed by atoms with Gasteiger partial charge in [0, 0.05) is 36.2 Å². The number of benzene rings is 1. The van der Waals surface area contributed by atoms with Crippen molar-refractivity contribution in [2.45, 2.75) is 113 Å². The number of urea groups is 1. The van der Waals surface area contributed by atoms with E-state index in [2.05, 4.69) is 26.9 Å². The quantitative estimate of drug-likeness (QED) is 0.117. The molecule has 2 aliphatic heterocycles. The molecule has 2 aromatic rings. The number of ether oxygens (including phenoxy) is 3. The van der Waals surface area contributed by atoms with Gasteiger partial charge < -0.3 is 39.8 Å². The van der Waals surface area contributed by atoms with Gasteiger partial charge in [-0.25, -0.2) is 18.2 Å². The lowest BCUT2D eigenvalue weighted by Gasteiger charge is -2.41. The van der Waals surface area contributed by atoms with Crippen LogP contribution in [-0.4, -0.2) is 121 Å². The number of carbonyl (C=O) groups excluding carboxylic acids is 4. The molecule has 2 aliphatic carbocycles. The van der Waals surface area contributed by atoms with Gasteiger partial charge in [-0.3, -0.25) is 19.1 Å². The molecule has 2 saturated heterocycles. The van der Waals surface area contributed by atoms with Crippen LogP contribution in [0.25, 0.3) is 17.0 Å². The number of amides is 5. The molecule has 4 fully saturated rings. The number of hydrogen-bond acceptors (Lipinski definition) is 11. The Kier molecular flexibility index (Phi) is 14.7. The summed E-state index contributed by atoms with van der Waals surface area (Å²) < 4.78 is 44.0. The summed E-state index contributed by atoms with van der Waals surface area (Å²) in [5, 5.41) is 16.2. The van der Waals surface area contributed by atoms with E-state index in [1.807, 2.05) is 25.1 Å². The Morgan fingerprint density at radius 2 is 1.80 bits per heavy atom. The number of aromatic hydroxyl groups is 1. The fourth-order valence-electron chi connectivity index (χ4n) is 8.02. The Hall–Kier alpha value is -4.90. The first-order valence-corrected chi connectivity index (χ1v) is 22.4. The number of nitrogens with zero attached hydrogens (tertiary/aromatic N) is 3. The van der Waals surface area contributed by atoms with Crippen LogP contribution in [0, 0.1) is 5.92 Å². The van der Waals surface area contributed by atoms with E-state index in [0.717, 1.165) is 50.5 Å². The molecule has 1 unspecified atom stereocenters. The van der Waals surface area contributed by atoms with Crippen molar-refractivity contribution in [3.63, 3.8) is 0 Å². The predicted octanol–water partition coefficient (Wildman–Crippen LogP) is 4.16. The summed E-state index contributed by atoms with van der Waals surface area (Å²) in [6, 6.07) is 1.91. The van der Waals surface area contributed by atoms with E-state index in [1.165, 1.54) is 17.0 Å². The Balaban J connectivity index is 0.982. The zero-order valence-electron chi connectivity index (χ0n) is 34.0. The van der Waals surface area contributed by atoms with Crippen molar-refractivity contribution in [2.24, 2.45) is 5.92 Å². The summed E-state index contributed by atoms with van der Waals surface area (Å²) in [7, 11) is -2.23. The third-order valence-corrected chi connectivity index (χ3v) is 13.3. The van der Waals surface area contributed by atoms with Gasteiger partial charge in [-0.15, -0.1) is 6.58 Å². The summed E-state index contributed by atoms with van der Waals surface area (Å²) in [5.74, 6) is -0.742. The molecule has 4 N–H and O–H groups in total. The third-order valence-electron chi connectivity index (χ3n) is 11.5. The summed E-state index contributed by atoms with van der Waals surface area (Å²) >= 11 is 0. The van der Waals surface area contributed by atoms with Crippen molar-refractivity contribution in [3.05, 3.63) is 42.5 Å². The molecular weight excluding hydrogens is 781 g/mol. The average Bonchev–Trinajstić information content (AvgIpc) is 3.96. The van der Waals surface area contributed by atoms with Gasteiger partial charge in [-0.05, 0) is 76.7 Å². The maximum absolute atomic E-state index is 14.2. The molecule has 0 bridgehead atoms. The average molecular weight is 839 g/mol. The number of sulfonamides is 1. The first kappa shape index (κ1) is 43.7. The van der Waals surface area contributed by atoms with Crippen LogP contribution < -0.4 is 24.8 Å². The molecule has 16 nitrogen and oxygen atoms in total. The van der Waals surface area contributed by atoms with Crippen LogP contribution in [0.15, 0.2) is 36.9 Å². The van der Waals surface area contributed by atoms with Crippen molar-refractivity contribution in [3.8, 4) is 17.4 Å². The van der Waals surface area contributed by atoms with E-state index in [4.69, 9.17) is 14.2 Å². The first-order valence-electron chi connectivity index (χ1n) is 20.9. The van der Waals surface area contributed by atoms with E-state index < -0.39 is 45.2 Å². The topological polar surface area (TPSA) is 206 Å². The van der Waals surface area contributed by atoms with Crippen LogP contribution in [0.3, 0.4) is 0 Å². The number of rotatable bonds is 19. The fraction of sp³-hybridized carbons (Fsp3) is 0.595. The molecule has 1 aromatic heterocycles. The standard InChI is InChI=1S/C42H58N6O10S/c1-4-13-32(39(50)46-59(54,55)30-18-19-30)44-40(51)34-17-12-20-48(34)41(52)38(27-14-8-6-9-15-27)45-42(53)47-25-29(26-47)58-21-11-7-10-16-28-22-31-33(23-36(28)56-3)43-37(57-5-2)24-35(31)49/h4,10,16,22-24,27,29-30,32,34,38H,1,5-9,11-15,17-21,25-26H2,2-3H3,(H,43,49)(H,44,51)(H,45,53)(H,46,50)/b16-10+/t32?,34-,38-/m0/s1. The van der Waals surface area contributed by atoms with Crippen LogP contribution in [0.4, 0.5) is 4.79 Å². The van der Waals surface area contributed by atoms with E-state index in [9.17, 15) is 32.7 Å².